The lowest BCUT2D eigenvalue weighted by Gasteiger charge is -2.05. The Bertz CT molecular complexity index is 666. The van der Waals surface area contributed by atoms with Gasteiger partial charge in [-0.1, -0.05) is 27.5 Å². The number of hydrogen-bond donors (Lipinski definition) is 2. The SMILES string of the molecule is O=C(O)c1cc2cc(Cl)cc(CBr)c2[nH]c1=O. The molecule has 88 valence electrons. The summed E-state index contributed by atoms with van der Waals surface area (Å²) < 4.78 is 0. The molecule has 0 amide bonds. The van der Waals surface area contributed by atoms with Crippen LogP contribution in [-0.4, -0.2) is 16.1 Å². The molecule has 1 heterocycles. The number of aromatic carboxylic acids is 1. The van der Waals surface area contributed by atoms with Gasteiger partial charge in [-0.25, -0.2) is 4.79 Å². The van der Waals surface area contributed by atoms with E-state index in [1.165, 1.54) is 6.07 Å². The summed E-state index contributed by atoms with van der Waals surface area (Å²) in [6.45, 7) is 0. The largest absolute Gasteiger partial charge is 0.477 e. The number of carbonyl (C=O) groups is 1. The summed E-state index contributed by atoms with van der Waals surface area (Å²) in [5.74, 6) is -1.26. The number of alkyl halides is 1. The molecule has 0 saturated carbocycles. The van der Waals surface area contributed by atoms with Gasteiger partial charge in [0.05, 0.1) is 5.52 Å². The van der Waals surface area contributed by atoms with E-state index in [4.69, 9.17) is 16.7 Å². The first-order chi connectivity index (χ1) is 8.02. The van der Waals surface area contributed by atoms with Crippen LogP contribution in [0.1, 0.15) is 15.9 Å². The normalized spacial score (nSPS) is 10.7. The summed E-state index contributed by atoms with van der Waals surface area (Å²) >= 11 is 9.20. The van der Waals surface area contributed by atoms with E-state index in [1.54, 1.807) is 12.1 Å². The molecule has 2 N–H and O–H groups in total. The Kier molecular flexibility index (Phi) is 3.22. The summed E-state index contributed by atoms with van der Waals surface area (Å²) in [5, 5.41) is 10.5. The number of hydrogen-bond acceptors (Lipinski definition) is 2. The Hall–Kier alpha value is -1.33. The minimum absolute atomic E-state index is 0.291. The van der Waals surface area contributed by atoms with Gasteiger partial charge in [-0.3, -0.25) is 4.79 Å². The van der Waals surface area contributed by atoms with Gasteiger partial charge in [0.2, 0.25) is 0 Å². The van der Waals surface area contributed by atoms with Crippen molar-refractivity contribution < 1.29 is 9.90 Å². The Morgan fingerprint density at radius 3 is 2.71 bits per heavy atom. The molecule has 0 aliphatic heterocycles. The number of carboxylic acids is 1. The van der Waals surface area contributed by atoms with E-state index in [2.05, 4.69) is 20.9 Å². The summed E-state index contributed by atoms with van der Waals surface area (Å²) in [5.41, 5.74) is 0.498. The number of halogens is 2. The third kappa shape index (κ3) is 2.21. The highest BCUT2D eigenvalue weighted by Crippen LogP contribution is 2.23. The molecule has 2 rings (SSSR count). The number of carboxylic acid groups (broad SMARTS) is 1. The molecule has 0 saturated heterocycles. The fraction of sp³-hybridized carbons (Fsp3) is 0.0909. The molecule has 0 spiro atoms. The first kappa shape index (κ1) is 12.1. The zero-order valence-electron chi connectivity index (χ0n) is 8.46. The first-order valence-electron chi connectivity index (χ1n) is 4.67. The van der Waals surface area contributed by atoms with Crippen molar-refractivity contribution >= 4 is 44.4 Å². The van der Waals surface area contributed by atoms with Gasteiger partial charge < -0.3 is 10.1 Å². The zero-order valence-corrected chi connectivity index (χ0v) is 10.8. The predicted octanol–water partition coefficient (Wildman–Crippen LogP) is 2.77. The highest BCUT2D eigenvalue weighted by atomic mass is 79.9. The van der Waals surface area contributed by atoms with E-state index in [0.29, 0.717) is 21.3 Å². The van der Waals surface area contributed by atoms with Crippen LogP contribution < -0.4 is 5.56 Å². The molecule has 0 radical (unpaired) electrons. The van der Waals surface area contributed by atoms with Gasteiger partial charge in [0, 0.05) is 15.7 Å². The summed E-state index contributed by atoms with van der Waals surface area (Å²) in [6, 6.07) is 4.66. The molecule has 6 heteroatoms. The van der Waals surface area contributed by atoms with Crippen LogP contribution in [0.3, 0.4) is 0 Å². The summed E-state index contributed by atoms with van der Waals surface area (Å²) in [7, 11) is 0. The van der Waals surface area contributed by atoms with E-state index in [1.807, 2.05) is 0 Å². The van der Waals surface area contributed by atoms with Crippen LogP contribution in [0.5, 0.6) is 0 Å². The van der Waals surface area contributed by atoms with Crippen LogP contribution in [0.25, 0.3) is 10.9 Å². The second-order valence-corrected chi connectivity index (χ2v) is 4.48. The third-order valence-corrected chi connectivity index (χ3v) is 3.19. The fourth-order valence-electron chi connectivity index (χ4n) is 1.62. The number of fused-ring (bicyclic) bond motifs is 1. The van der Waals surface area contributed by atoms with Gasteiger partial charge in [-0.05, 0) is 23.8 Å². The number of rotatable bonds is 2. The first-order valence-corrected chi connectivity index (χ1v) is 6.17. The van der Waals surface area contributed by atoms with Crippen molar-refractivity contribution in [2.24, 2.45) is 0 Å². The second kappa shape index (κ2) is 4.50. The molecular weight excluding hydrogens is 309 g/mol. The standard InChI is InChI=1S/C11H7BrClNO3/c12-4-6-2-7(13)1-5-3-8(11(16)17)10(15)14-9(5)6/h1-3H,4H2,(H,14,15)(H,16,17). The van der Waals surface area contributed by atoms with Crippen LogP contribution in [0.15, 0.2) is 23.0 Å². The molecule has 2 aromatic rings. The van der Waals surface area contributed by atoms with Gasteiger partial charge in [0.25, 0.3) is 5.56 Å². The Balaban J connectivity index is 2.87. The molecule has 0 unspecified atom stereocenters. The number of nitrogens with one attached hydrogen (secondary N) is 1. The minimum Gasteiger partial charge on any atom is -0.477 e. The molecule has 0 bridgehead atoms. The Morgan fingerprint density at radius 1 is 1.41 bits per heavy atom. The van der Waals surface area contributed by atoms with E-state index in [-0.39, 0.29) is 5.56 Å². The highest BCUT2D eigenvalue weighted by Gasteiger charge is 2.12. The quantitative estimate of drug-likeness (QED) is 0.837. The molecule has 0 aliphatic rings. The molecule has 0 fully saturated rings. The summed E-state index contributed by atoms with van der Waals surface area (Å²) in [4.78, 5) is 24.9. The summed E-state index contributed by atoms with van der Waals surface area (Å²) in [6.07, 6.45) is 0. The number of benzene rings is 1. The van der Waals surface area contributed by atoms with Gasteiger partial charge in [0.15, 0.2) is 0 Å². The highest BCUT2D eigenvalue weighted by molar-refractivity contribution is 9.08. The van der Waals surface area contributed by atoms with Crippen molar-refractivity contribution in [3.63, 3.8) is 0 Å². The van der Waals surface area contributed by atoms with Crippen molar-refractivity contribution in [2.75, 3.05) is 0 Å². The smallest absolute Gasteiger partial charge is 0.341 e. The lowest BCUT2D eigenvalue weighted by atomic mass is 10.1. The molecule has 0 atom stereocenters. The van der Waals surface area contributed by atoms with Crippen LogP contribution in [0.4, 0.5) is 0 Å². The average Bonchev–Trinajstić information content (AvgIpc) is 2.27. The molecule has 1 aromatic heterocycles. The van der Waals surface area contributed by atoms with Crippen molar-refractivity contribution in [2.45, 2.75) is 5.33 Å². The average molecular weight is 317 g/mol. The monoisotopic (exact) mass is 315 g/mol. The van der Waals surface area contributed by atoms with Gasteiger partial charge >= 0.3 is 5.97 Å². The predicted molar refractivity (Wildman–Crippen MR) is 69.2 cm³/mol. The lowest BCUT2D eigenvalue weighted by molar-refractivity contribution is 0.0695. The van der Waals surface area contributed by atoms with Crippen molar-refractivity contribution in [3.8, 4) is 0 Å². The second-order valence-electron chi connectivity index (χ2n) is 3.48. The number of H-pyrrole nitrogens is 1. The van der Waals surface area contributed by atoms with Gasteiger partial charge in [0.1, 0.15) is 5.56 Å². The van der Waals surface area contributed by atoms with E-state index in [9.17, 15) is 9.59 Å². The minimum atomic E-state index is -1.26. The molecular formula is C11H7BrClNO3. The molecule has 17 heavy (non-hydrogen) atoms. The molecule has 0 aliphatic carbocycles. The van der Waals surface area contributed by atoms with Crippen LogP contribution in [0.2, 0.25) is 5.02 Å². The van der Waals surface area contributed by atoms with E-state index < -0.39 is 11.5 Å². The maximum atomic E-state index is 11.5. The van der Waals surface area contributed by atoms with Crippen molar-refractivity contribution in [1.29, 1.82) is 0 Å². The van der Waals surface area contributed by atoms with Crippen LogP contribution in [0, 0.1) is 0 Å². The fourth-order valence-corrected chi connectivity index (χ4v) is 2.31. The number of pyridine rings is 1. The Labute approximate surface area is 109 Å². The van der Waals surface area contributed by atoms with E-state index >= 15 is 0 Å². The van der Waals surface area contributed by atoms with E-state index in [0.717, 1.165) is 5.56 Å². The Morgan fingerprint density at radius 2 is 2.12 bits per heavy atom. The number of aromatic nitrogens is 1. The lowest BCUT2D eigenvalue weighted by Crippen LogP contribution is -2.17. The van der Waals surface area contributed by atoms with Gasteiger partial charge in [-0.15, -0.1) is 0 Å². The zero-order chi connectivity index (χ0) is 12.6. The van der Waals surface area contributed by atoms with Crippen molar-refractivity contribution in [3.05, 3.63) is 44.7 Å². The maximum Gasteiger partial charge on any atom is 0.341 e. The van der Waals surface area contributed by atoms with Gasteiger partial charge in [-0.2, -0.15) is 0 Å². The van der Waals surface area contributed by atoms with Crippen molar-refractivity contribution in [1.82, 2.24) is 4.98 Å². The molecule has 1 aromatic carbocycles. The molecule has 4 nitrogen and oxygen atoms in total. The third-order valence-electron chi connectivity index (χ3n) is 2.37. The van der Waals surface area contributed by atoms with Crippen LogP contribution >= 0.6 is 27.5 Å². The topological polar surface area (TPSA) is 70.2 Å². The number of aromatic amines is 1. The maximum absolute atomic E-state index is 11.5. The van der Waals surface area contributed by atoms with Crippen LogP contribution in [-0.2, 0) is 5.33 Å².